The number of amidine groups is 1. The predicted molar refractivity (Wildman–Crippen MR) is 60.1 cm³/mol. The van der Waals surface area contributed by atoms with Gasteiger partial charge in [0, 0.05) is 5.75 Å². The number of nitrogens with one attached hydrogen (secondary N) is 1. The van der Waals surface area contributed by atoms with Gasteiger partial charge in [-0.05, 0) is 12.3 Å². The Morgan fingerprint density at radius 1 is 1.46 bits per heavy atom. The Bertz CT molecular complexity index is 185. The molecule has 0 aromatic rings. The summed E-state index contributed by atoms with van der Waals surface area (Å²) in [6.45, 7) is 4.37. The number of guanidine groups is 1. The third-order valence-corrected chi connectivity index (χ3v) is 2.25. The van der Waals surface area contributed by atoms with E-state index in [1.165, 1.54) is 18.2 Å². The van der Waals surface area contributed by atoms with Crippen molar-refractivity contribution in [3.05, 3.63) is 0 Å². The largest absolute Gasteiger partial charge is 0.370 e. The minimum Gasteiger partial charge on any atom is -0.370 e. The minimum absolute atomic E-state index is 0.0404. The van der Waals surface area contributed by atoms with Gasteiger partial charge in [0.1, 0.15) is 0 Å². The summed E-state index contributed by atoms with van der Waals surface area (Å²) >= 11 is 1.38. The molecule has 0 aliphatic rings. The lowest BCUT2D eigenvalue weighted by Gasteiger charge is -2.02. The molecule has 0 heterocycles. The van der Waals surface area contributed by atoms with E-state index in [0.29, 0.717) is 0 Å². The number of nitrogens with zero attached hydrogens (tertiary/aromatic N) is 1. The van der Waals surface area contributed by atoms with Crippen molar-refractivity contribution >= 4 is 22.9 Å². The van der Waals surface area contributed by atoms with Crippen molar-refractivity contribution in [2.45, 2.75) is 26.7 Å². The van der Waals surface area contributed by atoms with Crippen molar-refractivity contribution < 1.29 is 0 Å². The first-order chi connectivity index (χ1) is 6.02. The number of rotatable bonds is 4. The second kappa shape index (κ2) is 6.77. The highest BCUT2D eigenvalue weighted by Crippen LogP contribution is 2.10. The Morgan fingerprint density at radius 2 is 2.08 bits per heavy atom. The molecule has 0 fully saturated rings. The Hall–Kier alpha value is -0.710. The van der Waals surface area contributed by atoms with Crippen molar-refractivity contribution in [1.82, 2.24) is 0 Å². The summed E-state index contributed by atoms with van der Waals surface area (Å²) in [5.41, 5.74) is 10.2. The standard InChI is InChI=1S/C8H18N4S/c1-6(2)4-3-5-13-8(11)12-7(9)10/h6H,3-5H2,1-2H3,(H5,9,10,11,12). The highest BCUT2D eigenvalue weighted by molar-refractivity contribution is 8.13. The summed E-state index contributed by atoms with van der Waals surface area (Å²) < 4.78 is 0. The van der Waals surface area contributed by atoms with Crippen LogP contribution in [0.5, 0.6) is 0 Å². The molecule has 0 saturated carbocycles. The van der Waals surface area contributed by atoms with E-state index in [0.717, 1.165) is 18.1 Å². The van der Waals surface area contributed by atoms with Gasteiger partial charge >= 0.3 is 0 Å². The fourth-order valence-electron chi connectivity index (χ4n) is 0.810. The van der Waals surface area contributed by atoms with Crippen molar-refractivity contribution in [2.24, 2.45) is 22.4 Å². The van der Waals surface area contributed by atoms with Crippen LogP contribution >= 0.6 is 11.8 Å². The number of thioether (sulfide) groups is 1. The second-order valence-electron chi connectivity index (χ2n) is 3.23. The molecule has 0 unspecified atom stereocenters. The quantitative estimate of drug-likeness (QED) is 0.365. The molecule has 0 rings (SSSR count). The topological polar surface area (TPSA) is 88.2 Å². The van der Waals surface area contributed by atoms with E-state index in [2.05, 4.69) is 18.8 Å². The Kier molecular flexibility index (Phi) is 6.40. The van der Waals surface area contributed by atoms with Crippen molar-refractivity contribution in [1.29, 1.82) is 5.41 Å². The maximum Gasteiger partial charge on any atom is 0.193 e. The normalized spacial score (nSPS) is 10.1. The van der Waals surface area contributed by atoms with Gasteiger partial charge in [-0.25, -0.2) is 0 Å². The lowest BCUT2D eigenvalue weighted by molar-refractivity contribution is 0.579. The minimum atomic E-state index is -0.0404. The van der Waals surface area contributed by atoms with Crippen LogP contribution in [0.25, 0.3) is 0 Å². The van der Waals surface area contributed by atoms with Gasteiger partial charge in [0.2, 0.25) is 0 Å². The van der Waals surface area contributed by atoms with Crippen LogP contribution in [0.4, 0.5) is 0 Å². The van der Waals surface area contributed by atoms with Crippen LogP contribution in [0.2, 0.25) is 0 Å². The zero-order valence-corrected chi connectivity index (χ0v) is 9.03. The summed E-state index contributed by atoms with van der Waals surface area (Å²) in [4.78, 5) is 3.61. The number of nitrogens with two attached hydrogens (primary N) is 2. The van der Waals surface area contributed by atoms with E-state index in [4.69, 9.17) is 16.9 Å². The highest BCUT2D eigenvalue weighted by atomic mass is 32.2. The van der Waals surface area contributed by atoms with Gasteiger partial charge in [-0.3, -0.25) is 5.41 Å². The maximum absolute atomic E-state index is 7.32. The molecule has 0 atom stereocenters. The molecule has 76 valence electrons. The molecule has 0 radical (unpaired) electrons. The van der Waals surface area contributed by atoms with Crippen LogP contribution < -0.4 is 11.5 Å². The van der Waals surface area contributed by atoms with E-state index in [9.17, 15) is 0 Å². The maximum atomic E-state index is 7.32. The third-order valence-electron chi connectivity index (χ3n) is 1.40. The van der Waals surface area contributed by atoms with Gasteiger partial charge in [0.25, 0.3) is 0 Å². The van der Waals surface area contributed by atoms with Gasteiger partial charge in [-0.2, -0.15) is 4.99 Å². The Labute approximate surface area is 83.7 Å². The first kappa shape index (κ1) is 12.3. The van der Waals surface area contributed by atoms with E-state index < -0.39 is 0 Å². The van der Waals surface area contributed by atoms with E-state index in [1.807, 2.05) is 0 Å². The van der Waals surface area contributed by atoms with Gasteiger partial charge in [-0.1, -0.05) is 32.0 Å². The van der Waals surface area contributed by atoms with Crippen LogP contribution in [0.15, 0.2) is 4.99 Å². The third kappa shape index (κ3) is 9.20. The summed E-state index contributed by atoms with van der Waals surface area (Å²) in [7, 11) is 0. The Morgan fingerprint density at radius 3 is 2.54 bits per heavy atom. The van der Waals surface area contributed by atoms with Crippen LogP contribution in [-0.2, 0) is 0 Å². The van der Waals surface area contributed by atoms with Gasteiger partial charge < -0.3 is 11.5 Å². The fourth-order valence-corrected chi connectivity index (χ4v) is 1.48. The van der Waals surface area contributed by atoms with Crippen molar-refractivity contribution in [3.8, 4) is 0 Å². The van der Waals surface area contributed by atoms with Crippen LogP contribution in [0, 0.1) is 11.3 Å². The summed E-state index contributed by atoms with van der Waals surface area (Å²) in [5.74, 6) is 1.59. The van der Waals surface area contributed by atoms with Gasteiger partial charge in [0.15, 0.2) is 11.1 Å². The molecule has 0 aliphatic carbocycles. The molecule has 5 N–H and O–H groups in total. The fraction of sp³-hybridized carbons (Fsp3) is 0.750. The zero-order valence-electron chi connectivity index (χ0n) is 8.21. The zero-order chi connectivity index (χ0) is 10.3. The molecule has 0 spiro atoms. The SMILES string of the molecule is CC(C)CCCSC(=N)N=C(N)N. The number of aliphatic imine (C=N–C) groups is 1. The van der Waals surface area contributed by atoms with Gasteiger partial charge in [0.05, 0.1) is 0 Å². The molecule has 0 bridgehead atoms. The van der Waals surface area contributed by atoms with Crippen LogP contribution in [0.1, 0.15) is 26.7 Å². The summed E-state index contributed by atoms with van der Waals surface area (Å²) in [5, 5.41) is 7.52. The summed E-state index contributed by atoms with van der Waals surface area (Å²) in [6.07, 6.45) is 2.28. The molecular formula is C8H18N4S. The van der Waals surface area contributed by atoms with Crippen molar-refractivity contribution in [2.75, 3.05) is 5.75 Å². The molecule has 0 aromatic carbocycles. The lowest BCUT2D eigenvalue weighted by Crippen LogP contribution is -2.23. The highest BCUT2D eigenvalue weighted by Gasteiger charge is 1.97. The number of hydrogen-bond donors (Lipinski definition) is 3. The molecule has 0 amide bonds. The summed E-state index contributed by atoms with van der Waals surface area (Å²) in [6, 6.07) is 0. The molecule has 0 saturated heterocycles. The van der Waals surface area contributed by atoms with Crippen LogP contribution in [-0.4, -0.2) is 16.9 Å². The molecule has 4 nitrogen and oxygen atoms in total. The predicted octanol–water partition coefficient (Wildman–Crippen LogP) is 1.36. The monoisotopic (exact) mass is 202 g/mol. The smallest absolute Gasteiger partial charge is 0.193 e. The number of hydrogen-bond acceptors (Lipinski definition) is 2. The molecule has 0 aromatic heterocycles. The van der Waals surface area contributed by atoms with E-state index >= 15 is 0 Å². The van der Waals surface area contributed by atoms with Gasteiger partial charge in [-0.15, -0.1) is 0 Å². The van der Waals surface area contributed by atoms with E-state index in [1.54, 1.807) is 0 Å². The van der Waals surface area contributed by atoms with E-state index in [-0.39, 0.29) is 11.1 Å². The second-order valence-corrected chi connectivity index (χ2v) is 4.31. The molecular weight excluding hydrogens is 184 g/mol. The first-order valence-corrected chi connectivity index (χ1v) is 5.32. The average Bonchev–Trinajstić information content (AvgIpc) is 1.96. The van der Waals surface area contributed by atoms with Crippen LogP contribution in [0.3, 0.4) is 0 Å². The first-order valence-electron chi connectivity index (χ1n) is 4.33. The molecule has 0 aliphatic heterocycles. The average molecular weight is 202 g/mol. The Balaban J connectivity index is 3.44. The molecule has 5 heteroatoms. The lowest BCUT2D eigenvalue weighted by atomic mass is 10.1. The molecule has 13 heavy (non-hydrogen) atoms. The van der Waals surface area contributed by atoms with Crippen molar-refractivity contribution in [3.63, 3.8) is 0 Å².